The Morgan fingerprint density at radius 3 is 2.35 bits per heavy atom. The van der Waals surface area contributed by atoms with Gasteiger partial charge in [-0.1, -0.05) is 37.3 Å². The van der Waals surface area contributed by atoms with E-state index in [0.717, 1.165) is 25.3 Å². The summed E-state index contributed by atoms with van der Waals surface area (Å²) in [4.78, 5) is 2.51. The van der Waals surface area contributed by atoms with Crippen molar-refractivity contribution in [1.29, 1.82) is 0 Å². The van der Waals surface area contributed by atoms with Gasteiger partial charge in [0.2, 0.25) is 0 Å². The van der Waals surface area contributed by atoms with Crippen LogP contribution in [0.4, 0.5) is 11.4 Å². The Balaban J connectivity index is 1.42. The van der Waals surface area contributed by atoms with Crippen molar-refractivity contribution >= 4 is 11.4 Å². The highest BCUT2D eigenvalue weighted by Crippen LogP contribution is 2.24. The summed E-state index contributed by atoms with van der Waals surface area (Å²) in [6, 6.07) is 19.7. The standard InChI is InChI=1S/C21H28N2/c1-18-13-16-23(17-14-18)21-11-9-20(10-12-21)22-15-5-8-19-6-3-2-4-7-19/h2-4,6-7,9-12,18,22H,5,8,13-17H2,1H3. The van der Waals surface area contributed by atoms with E-state index in [9.17, 15) is 0 Å². The van der Waals surface area contributed by atoms with Crippen LogP contribution in [-0.4, -0.2) is 19.6 Å². The Morgan fingerprint density at radius 1 is 0.957 bits per heavy atom. The molecule has 2 heteroatoms. The van der Waals surface area contributed by atoms with E-state index in [1.165, 1.54) is 42.9 Å². The third-order valence-corrected chi connectivity index (χ3v) is 4.83. The minimum Gasteiger partial charge on any atom is -0.385 e. The number of aryl methyl sites for hydroxylation is 1. The molecule has 0 bridgehead atoms. The highest BCUT2D eigenvalue weighted by Gasteiger charge is 2.15. The smallest absolute Gasteiger partial charge is 0.0367 e. The zero-order valence-corrected chi connectivity index (χ0v) is 14.2. The van der Waals surface area contributed by atoms with Gasteiger partial charge in [-0.25, -0.2) is 0 Å². The zero-order valence-electron chi connectivity index (χ0n) is 14.2. The lowest BCUT2D eigenvalue weighted by atomic mass is 9.99. The fraction of sp³-hybridized carbons (Fsp3) is 0.429. The molecule has 1 heterocycles. The topological polar surface area (TPSA) is 15.3 Å². The number of hydrogen-bond donors (Lipinski definition) is 1. The van der Waals surface area contributed by atoms with Crippen LogP contribution in [0.2, 0.25) is 0 Å². The molecule has 2 nitrogen and oxygen atoms in total. The predicted molar refractivity (Wildman–Crippen MR) is 100 cm³/mol. The van der Waals surface area contributed by atoms with Gasteiger partial charge in [-0.15, -0.1) is 0 Å². The maximum atomic E-state index is 3.53. The van der Waals surface area contributed by atoms with Gasteiger partial charge in [0.25, 0.3) is 0 Å². The van der Waals surface area contributed by atoms with Gasteiger partial charge in [0.05, 0.1) is 0 Å². The summed E-state index contributed by atoms with van der Waals surface area (Å²) in [6.07, 6.45) is 4.94. The molecule has 0 aliphatic carbocycles. The molecular weight excluding hydrogens is 280 g/mol. The van der Waals surface area contributed by atoms with Crippen LogP contribution in [0.3, 0.4) is 0 Å². The van der Waals surface area contributed by atoms with Gasteiger partial charge in [-0.2, -0.15) is 0 Å². The van der Waals surface area contributed by atoms with Crippen molar-refractivity contribution in [1.82, 2.24) is 0 Å². The molecule has 0 amide bonds. The number of anilines is 2. The van der Waals surface area contributed by atoms with Crippen molar-refractivity contribution in [2.24, 2.45) is 5.92 Å². The lowest BCUT2D eigenvalue weighted by Crippen LogP contribution is -2.32. The van der Waals surface area contributed by atoms with E-state index in [-0.39, 0.29) is 0 Å². The molecule has 23 heavy (non-hydrogen) atoms. The number of benzene rings is 2. The summed E-state index contributed by atoms with van der Waals surface area (Å²) >= 11 is 0. The zero-order chi connectivity index (χ0) is 15.9. The van der Waals surface area contributed by atoms with Crippen molar-refractivity contribution in [2.75, 3.05) is 29.9 Å². The average molecular weight is 308 g/mol. The van der Waals surface area contributed by atoms with Gasteiger partial charge < -0.3 is 10.2 Å². The van der Waals surface area contributed by atoms with E-state index < -0.39 is 0 Å². The lowest BCUT2D eigenvalue weighted by Gasteiger charge is -2.32. The summed E-state index contributed by atoms with van der Waals surface area (Å²) in [7, 11) is 0. The molecule has 0 aromatic heterocycles. The van der Waals surface area contributed by atoms with Crippen LogP contribution < -0.4 is 10.2 Å². The van der Waals surface area contributed by atoms with Gasteiger partial charge in [0.15, 0.2) is 0 Å². The molecule has 0 saturated carbocycles. The number of nitrogens with one attached hydrogen (secondary N) is 1. The molecule has 122 valence electrons. The maximum Gasteiger partial charge on any atom is 0.0367 e. The first-order chi connectivity index (χ1) is 11.3. The number of nitrogens with zero attached hydrogens (tertiary/aromatic N) is 1. The van der Waals surface area contributed by atoms with E-state index in [0.29, 0.717) is 0 Å². The SMILES string of the molecule is CC1CCN(c2ccc(NCCCc3ccccc3)cc2)CC1. The van der Waals surface area contributed by atoms with E-state index in [1.807, 2.05) is 0 Å². The van der Waals surface area contributed by atoms with Gasteiger partial charge in [-0.3, -0.25) is 0 Å². The summed E-state index contributed by atoms with van der Waals surface area (Å²) < 4.78 is 0. The average Bonchev–Trinajstić information content (AvgIpc) is 2.61. The van der Waals surface area contributed by atoms with Gasteiger partial charge in [0.1, 0.15) is 0 Å². The first-order valence-electron chi connectivity index (χ1n) is 8.94. The molecule has 3 rings (SSSR count). The van der Waals surface area contributed by atoms with Crippen molar-refractivity contribution in [3.05, 3.63) is 60.2 Å². The Labute approximate surface area is 140 Å². The minimum atomic E-state index is 0.886. The van der Waals surface area contributed by atoms with Crippen LogP contribution >= 0.6 is 0 Å². The normalized spacial score (nSPS) is 15.6. The first kappa shape index (κ1) is 15.9. The molecule has 2 aromatic rings. The number of rotatable bonds is 6. The van der Waals surface area contributed by atoms with Gasteiger partial charge >= 0.3 is 0 Å². The third-order valence-electron chi connectivity index (χ3n) is 4.83. The van der Waals surface area contributed by atoms with Crippen LogP contribution in [0.15, 0.2) is 54.6 Å². The summed E-state index contributed by atoms with van der Waals surface area (Å²) in [6.45, 7) is 5.78. The highest BCUT2D eigenvalue weighted by molar-refractivity contribution is 5.55. The number of hydrogen-bond acceptors (Lipinski definition) is 2. The molecule has 1 saturated heterocycles. The summed E-state index contributed by atoms with van der Waals surface area (Å²) in [5.41, 5.74) is 4.02. The molecule has 0 unspecified atom stereocenters. The first-order valence-corrected chi connectivity index (χ1v) is 8.94. The Bertz CT molecular complexity index is 569. The Kier molecular flexibility index (Phi) is 5.57. The monoisotopic (exact) mass is 308 g/mol. The van der Waals surface area contributed by atoms with E-state index >= 15 is 0 Å². The van der Waals surface area contributed by atoms with Crippen molar-refractivity contribution in [2.45, 2.75) is 32.6 Å². The molecule has 0 atom stereocenters. The molecule has 0 spiro atoms. The largest absolute Gasteiger partial charge is 0.385 e. The van der Waals surface area contributed by atoms with Crippen LogP contribution in [0.1, 0.15) is 31.7 Å². The second-order valence-corrected chi connectivity index (χ2v) is 6.73. The van der Waals surface area contributed by atoms with E-state index in [2.05, 4.69) is 71.7 Å². The second-order valence-electron chi connectivity index (χ2n) is 6.73. The minimum absolute atomic E-state index is 0.886. The van der Waals surface area contributed by atoms with Gasteiger partial charge in [-0.05, 0) is 61.4 Å². The molecule has 1 aliphatic heterocycles. The fourth-order valence-electron chi connectivity index (χ4n) is 3.23. The van der Waals surface area contributed by atoms with E-state index in [1.54, 1.807) is 0 Å². The summed E-state index contributed by atoms with van der Waals surface area (Å²) in [5.74, 6) is 0.886. The fourth-order valence-corrected chi connectivity index (χ4v) is 3.23. The lowest BCUT2D eigenvalue weighted by molar-refractivity contribution is 0.438. The summed E-state index contributed by atoms with van der Waals surface area (Å²) in [5, 5.41) is 3.53. The van der Waals surface area contributed by atoms with Gasteiger partial charge in [0, 0.05) is 31.0 Å². The molecular formula is C21H28N2. The third kappa shape index (κ3) is 4.75. The quantitative estimate of drug-likeness (QED) is 0.758. The van der Waals surface area contributed by atoms with E-state index in [4.69, 9.17) is 0 Å². The molecule has 2 aromatic carbocycles. The van der Waals surface area contributed by atoms with Crippen molar-refractivity contribution < 1.29 is 0 Å². The van der Waals surface area contributed by atoms with Crippen molar-refractivity contribution in [3.63, 3.8) is 0 Å². The molecule has 1 fully saturated rings. The molecule has 1 aliphatic rings. The number of piperidine rings is 1. The second kappa shape index (κ2) is 8.05. The van der Waals surface area contributed by atoms with Crippen LogP contribution in [0, 0.1) is 5.92 Å². The Hall–Kier alpha value is -1.96. The molecule has 1 N–H and O–H groups in total. The molecule has 0 radical (unpaired) electrons. The van der Waals surface area contributed by atoms with Crippen LogP contribution in [0.25, 0.3) is 0 Å². The Morgan fingerprint density at radius 2 is 1.65 bits per heavy atom. The van der Waals surface area contributed by atoms with Crippen LogP contribution in [-0.2, 0) is 6.42 Å². The maximum absolute atomic E-state index is 3.53. The van der Waals surface area contributed by atoms with Crippen LogP contribution in [0.5, 0.6) is 0 Å². The predicted octanol–water partition coefficient (Wildman–Crippen LogP) is 4.97. The highest BCUT2D eigenvalue weighted by atomic mass is 15.1. The van der Waals surface area contributed by atoms with Crippen molar-refractivity contribution in [3.8, 4) is 0 Å².